The van der Waals surface area contributed by atoms with E-state index in [1.54, 1.807) is 21.1 Å². The van der Waals surface area contributed by atoms with Crippen molar-refractivity contribution in [3.63, 3.8) is 0 Å². The van der Waals surface area contributed by atoms with Gasteiger partial charge in [-0.1, -0.05) is 30.3 Å². The van der Waals surface area contributed by atoms with Gasteiger partial charge >= 0.3 is 0 Å². The van der Waals surface area contributed by atoms with E-state index in [2.05, 4.69) is 46.6 Å². The molecule has 0 saturated carbocycles. The van der Waals surface area contributed by atoms with Crippen LogP contribution in [-0.2, 0) is 42.5 Å². The zero-order valence-corrected chi connectivity index (χ0v) is 24.2. The number of nitrogens with one attached hydrogen (secondary N) is 1. The number of anilines is 1. The van der Waals surface area contributed by atoms with Gasteiger partial charge in [0.2, 0.25) is 0 Å². The lowest BCUT2D eigenvalue weighted by Crippen LogP contribution is -2.55. The number of aliphatic hydroxyl groups excluding tert-OH is 1. The fourth-order valence-electron chi connectivity index (χ4n) is 5.33. The molecule has 0 unspecified atom stereocenters. The molecule has 9 nitrogen and oxygen atoms in total. The number of fused-ring (bicyclic) bond motifs is 1. The summed E-state index contributed by atoms with van der Waals surface area (Å²) in [7, 11) is 3.41. The van der Waals surface area contributed by atoms with E-state index in [9.17, 15) is 5.11 Å². The van der Waals surface area contributed by atoms with Gasteiger partial charge in [0.05, 0.1) is 51.4 Å². The SMILES string of the molecule is COCCCN1CCOc2ccc(CO[C@H]3CNCC[C@]3(OC[C@@H](C)O)c3ccc(COCCOC)cc3)cc21. The average molecular weight is 559 g/mol. The highest BCUT2D eigenvalue weighted by atomic mass is 16.6. The Balaban J connectivity index is 1.49. The van der Waals surface area contributed by atoms with Crippen LogP contribution in [0.1, 0.15) is 36.5 Å². The highest BCUT2D eigenvalue weighted by Gasteiger charge is 2.44. The second-order valence-corrected chi connectivity index (χ2v) is 10.5. The maximum Gasteiger partial charge on any atom is 0.142 e. The number of nitrogens with zero attached hydrogens (tertiary/aromatic N) is 1. The molecule has 1 fully saturated rings. The third kappa shape index (κ3) is 8.16. The molecule has 222 valence electrons. The van der Waals surface area contributed by atoms with Crippen molar-refractivity contribution in [2.45, 2.75) is 50.8 Å². The molecule has 2 N–H and O–H groups in total. The first kappa shape index (κ1) is 30.7. The Morgan fingerprint density at radius 3 is 2.62 bits per heavy atom. The molecule has 3 atom stereocenters. The first-order chi connectivity index (χ1) is 19.6. The fourth-order valence-corrected chi connectivity index (χ4v) is 5.33. The molecule has 2 aliphatic heterocycles. The Bertz CT molecular complexity index is 1020. The molecular weight excluding hydrogens is 512 g/mol. The van der Waals surface area contributed by atoms with Crippen LogP contribution in [0.15, 0.2) is 42.5 Å². The molecular formula is C31H46N2O7. The van der Waals surface area contributed by atoms with Gasteiger partial charge in [0.25, 0.3) is 0 Å². The van der Waals surface area contributed by atoms with Crippen LogP contribution in [0.3, 0.4) is 0 Å². The molecule has 9 heteroatoms. The zero-order chi connectivity index (χ0) is 28.2. The van der Waals surface area contributed by atoms with Gasteiger partial charge in [0.1, 0.15) is 24.1 Å². The first-order valence-electron chi connectivity index (χ1n) is 14.4. The van der Waals surface area contributed by atoms with Crippen molar-refractivity contribution in [2.24, 2.45) is 0 Å². The summed E-state index contributed by atoms with van der Waals surface area (Å²) in [5, 5.41) is 13.6. The molecule has 0 aromatic heterocycles. The molecule has 0 bridgehead atoms. The van der Waals surface area contributed by atoms with E-state index in [1.165, 1.54) is 0 Å². The fraction of sp³-hybridized carbons (Fsp3) is 0.613. The first-order valence-corrected chi connectivity index (χ1v) is 14.4. The monoisotopic (exact) mass is 558 g/mol. The third-order valence-electron chi connectivity index (χ3n) is 7.46. The van der Waals surface area contributed by atoms with Crippen LogP contribution in [0.25, 0.3) is 0 Å². The summed E-state index contributed by atoms with van der Waals surface area (Å²) in [5.41, 5.74) is 3.64. The predicted molar refractivity (Wildman–Crippen MR) is 154 cm³/mol. The predicted octanol–water partition coefficient (Wildman–Crippen LogP) is 3.26. The summed E-state index contributed by atoms with van der Waals surface area (Å²) in [6, 6.07) is 14.7. The van der Waals surface area contributed by atoms with E-state index in [0.717, 1.165) is 67.2 Å². The van der Waals surface area contributed by atoms with E-state index in [-0.39, 0.29) is 12.7 Å². The standard InChI is InChI=1S/C31H46N2O7/c1-24(34)21-40-31(27-8-5-25(6-9-27)22-37-18-17-36-3)11-12-32-20-30(31)39-23-26-7-10-29-28(19-26)33(14-16-38-29)13-4-15-35-2/h5-10,19,24,30,32,34H,4,11-18,20-23H2,1-3H3/t24-,30+,31+/m1/s1. The Morgan fingerprint density at radius 1 is 1.05 bits per heavy atom. The Morgan fingerprint density at radius 2 is 1.85 bits per heavy atom. The van der Waals surface area contributed by atoms with Crippen molar-refractivity contribution in [3.05, 3.63) is 59.2 Å². The van der Waals surface area contributed by atoms with Gasteiger partial charge in [-0.15, -0.1) is 0 Å². The number of ether oxygens (including phenoxy) is 6. The molecule has 1 saturated heterocycles. The van der Waals surface area contributed by atoms with E-state index < -0.39 is 11.7 Å². The molecule has 0 aliphatic carbocycles. The number of rotatable bonds is 16. The van der Waals surface area contributed by atoms with Crippen LogP contribution in [0.2, 0.25) is 0 Å². The maximum atomic E-state index is 10.1. The van der Waals surface area contributed by atoms with Gasteiger partial charge < -0.3 is 43.7 Å². The summed E-state index contributed by atoms with van der Waals surface area (Å²) < 4.78 is 35.1. The van der Waals surface area contributed by atoms with E-state index in [1.807, 2.05) is 6.07 Å². The molecule has 0 spiro atoms. The number of methoxy groups -OCH3 is 2. The molecule has 2 aliphatic rings. The minimum atomic E-state index is -0.679. The van der Waals surface area contributed by atoms with E-state index in [4.69, 9.17) is 28.4 Å². The Kier molecular flexibility index (Phi) is 12.0. The lowest BCUT2D eigenvalue weighted by molar-refractivity contribution is -0.180. The maximum absolute atomic E-state index is 10.1. The number of hydrogen-bond acceptors (Lipinski definition) is 9. The smallest absolute Gasteiger partial charge is 0.142 e. The number of hydrogen-bond donors (Lipinski definition) is 2. The van der Waals surface area contributed by atoms with Crippen molar-refractivity contribution in [1.82, 2.24) is 5.32 Å². The van der Waals surface area contributed by atoms with Crippen LogP contribution in [-0.4, -0.2) is 90.7 Å². The second-order valence-electron chi connectivity index (χ2n) is 10.5. The molecule has 2 aromatic rings. The highest BCUT2D eigenvalue weighted by molar-refractivity contribution is 5.61. The van der Waals surface area contributed by atoms with Gasteiger partial charge in [-0.2, -0.15) is 0 Å². The minimum Gasteiger partial charge on any atom is -0.490 e. The molecule has 2 aromatic carbocycles. The van der Waals surface area contributed by atoms with Crippen molar-refractivity contribution < 1.29 is 33.5 Å². The average Bonchev–Trinajstić information content (AvgIpc) is 2.98. The quantitative estimate of drug-likeness (QED) is 0.301. The second kappa shape index (κ2) is 15.7. The van der Waals surface area contributed by atoms with Gasteiger partial charge in [-0.05, 0) is 55.1 Å². The number of piperidine rings is 1. The molecule has 0 amide bonds. The lowest BCUT2D eigenvalue weighted by atomic mass is 9.81. The zero-order valence-electron chi connectivity index (χ0n) is 24.2. The van der Waals surface area contributed by atoms with Crippen LogP contribution < -0.4 is 15.0 Å². The van der Waals surface area contributed by atoms with Gasteiger partial charge in [0, 0.05) is 33.9 Å². The van der Waals surface area contributed by atoms with E-state index in [0.29, 0.717) is 39.6 Å². The van der Waals surface area contributed by atoms with Crippen molar-refractivity contribution in [3.8, 4) is 5.75 Å². The molecule has 40 heavy (non-hydrogen) atoms. The van der Waals surface area contributed by atoms with Gasteiger partial charge in [-0.25, -0.2) is 0 Å². The summed E-state index contributed by atoms with van der Waals surface area (Å²) in [5.74, 6) is 0.910. The summed E-state index contributed by atoms with van der Waals surface area (Å²) >= 11 is 0. The summed E-state index contributed by atoms with van der Waals surface area (Å²) in [6.07, 6.45) is 0.879. The molecule has 2 heterocycles. The lowest BCUT2D eigenvalue weighted by Gasteiger charge is -2.44. The van der Waals surface area contributed by atoms with Crippen molar-refractivity contribution >= 4 is 5.69 Å². The normalized spacial score (nSPS) is 21.6. The minimum absolute atomic E-state index is 0.231. The topological polar surface area (TPSA) is 90.9 Å². The van der Waals surface area contributed by atoms with Crippen molar-refractivity contribution in [2.75, 3.05) is 78.3 Å². The third-order valence-corrected chi connectivity index (χ3v) is 7.46. The van der Waals surface area contributed by atoms with Crippen LogP contribution in [0.4, 0.5) is 5.69 Å². The van der Waals surface area contributed by atoms with Crippen LogP contribution in [0.5, 0.6) is 5.75 Å². The van der Waals surface area contributed by atoms with Gasteiger partial charge in [0.15, 0.2) is 0 Å². The molecule has 4 rings (SSSR count). The largest absolute Gasteiger partial charge is 0.490 e. The summed E-state index contributed by atoms with van der Waals surface area (Å²) in [4.78, 5) is 2.36. The van der Waals surface area contributed by atoms with Crippen LogP contribution >= 0.6 is 0 Å². The Hall–Kier alpha value is -2.24. The summed E-state index contributed by atoms with van der Waals surface area (Å²) in [6.45, 7) is 8.73. The van der Waals surface area contributed by atoms with Crippen molar-refractivity contribution in [1.29, 1.82) is 0 Å². The highest BCUT2D eigenvalue weighted by Crippen LogP contribution is 2.38. The van der Waals surface area contributed by atoms with Crippen LogP contribution in [0, 0.1) is 0 Å². The molecule has 0 radical (unpaired) electrons. The Labute approximate surface area is 238 Å². The number of benzene rings is 2. The van der Waals surface area contributed by atoms with E-state index >= 15 is 0 Å². The van der Waals surface area contributed by atoms with Gasteiger partial charge in [-0.3, -0.25) is 0 Å². The number of aliphatic hydroxyl groups is 1.